The van der Waals surface area contributed by atoms with E-state index in [2.05, 4.69) is 121 Å². The van der Waals surface area contributed by atoms with Gasteiger partial charge in [-0.3, -0.25) is 0 Å². The molecule has 0 fully saturated rings. The number of hydrogen-bond acceptors (Lipinski definition) is 5. The van der Waals surface area contributed by atoms with Gasteiger partial charge in [-0.05, 0) is 46.5 Å². The van der Waals surface area contributed by atoms with E-state index in [9.17, 15) is 0 Å². The van der Waals surface area contributed by atoms with Crippen LogP contribution < -0.4 is 0 Å². The molecule has 0 spiro atoms. The third kappa shape index (κ3) is 5.40. The Morgan fingerprint density at radius 2 is 0.911 bits per heavy atom. The van der Waals surface area contributed by atoms with Crippen molar-refractivity contribution in [1.82, 2.24) is 15.0 Å². The van der Waals surface area contributed by atoms with Gasteiger partial charge in [0.2, 0.25) is 0 Å². The highest BCUT2D eigenvalue weighted by Crippen LogP contribution is 2.49. The number of fused-ring (bicyclic) bond motifs is 6. The fourth-order valence-electron chi connectivity index (χ4n) is 7.95. The molecule has 0 radical (unpaired) electrons. The molecule has 0 saturated heterocycles. The van der Waals surface area contributed by atoms with Crippen LogP contribution in [0.25, 0.3) is 110 Å². The standard InChI is InChI=1S/C51H31N3OS/c1-4-15-32(16-5-1)37-27-30-41(48-46(37)42-24-11-13-26-44(42)56-48)39-28-29-40-38-23-10-12-25-43(38)55-47(40)45(39)35-21-14-22-36(31-35)51-53-49(33-17-6-2-7-18-33)52-50(54-51)34-19-8-3-9-20-34/h1-31H. The molecule has 4 nitrogen and oxygen atoms in total. The molecule has 0 saturated carbocycles. The maximum atomic E-state index is 6.83. The van der Waals surface area contributed by atoms with E-state index in [1.807, 2.05) is 78.1 Å². The molecule has 0 bridgehead atoms. The Kier molecular flexibility index (Phi) is 7.64. The SMILES string of the molecule is c1ccc(-c2nc(-c3ccccc3)nc(-c3cccc(-c4c(-c5ccc(-c6ccccc6)c6c5sc5ccccc56)ccc5c4oc4ccccc45)c3)n2)cc1. The highest BCUT2D eigenvalue weighted by atomic mass is 32.1. The van der Waals surface area contributed by atoms with Crippen molar-refractivity contribution in [3.63, 3.8) is 0 Å². The Bertz CT molecular complexity index is 3180. The van der Waals surface area contributed by atoms with Crippen molar-refractivity contribution < 1.29 is 4.42 Å². The van der Waals surface area contributed by atoms with Gasteiger partial charge in [0.05, 0.1) is 0 Å². The van der Waals surface area contributed by atoms with Crippen molar-refractivity contribution in [3.05, 3.63) is 188 Å². The van der Waals surface area contributed by atoms with Gasteiger partial charge in [-0.15, -0.1) is 11.3 Å². The summed E-state index contributed by atoms with van der Waals surface area (Å²) in [7, 11) is 0. The number of nitrogens with zero attached hydrogens (tertiary/aromatic N) is 3. The number of aromatic nitrogens is 3. The molecule has 0 aliphatic carbocycles. The lowest BCUT2D eigenvalue weighted by Crippen LogP contribution is -2.00. The van der Waals surface area contributed by atoms with Gasteiger partial charge in [0, 0.05) is 58.8 Å². The van der Waals surface area contributed by atoms with E-state index >= 15 is 0 Å². The number of hydrogen-bond donors (Lipinski definition) is 0. The van der Waals surface area contributed by atoms with Gasteiger partial charge in [-0.1, -0.05) is 164 Å². The van der Waals surface area contributed by atoms with E-state index in [1.54, 1.807) is 0 Å². The van der Waals surface area contributed by atoms with Gasteiger partial charge in [0.1, 0.15) is 11.2 Å². The Balaban J connectivity index is 1.17. The molecule has 56 heavy (non-hydrogen) atoms. The predicted octanol–water partition coefficient (Wildman–Crippen LogP) is 14.1. The summed E-state index contributed by atoms with van der Waals surface area (Å²) < 4.78 is 9.34. The van der Waals surface area contributed by atoms with Crippen molar-refractivity contribution >= 4 is 53.4 Å². The second kappa shape index (κ2) is 13.3. The molecule has 0 aliphatic heterocycles. The molecule has 11 rings (SSSR count). The van der Waals surface area contributed by atoms with Gasteiger partial charge in [0.25, 0.3) is 0 Å². The minimum Gasteiger partial charge on any atom is -0.455 e. The summed E-state index contributed by atoms with van der Waals surface area (Å²) in [4.78, 5) is 15.1. The number of benzene rings is 8. The Morgan fingerprint density at radius 3 is 1.62 bits per heavy atom. The lowest BCUT2D eigenvalue weighted by atomic mass is 9.89. The van der Waals surface area contributed by atoms with E-state index in [1.165, 1.54) is 36.9 Å². The monoisotopic (exact) mass is 733 g/mol. The highest BCUT2D eigenvalue weighted by molar-refractivity contribution is 7.26. The van der Waals surface area contributed by atoms with E-state index in [-0.39, 0.29) is 0 Å². The average molecular weight is 734 g/mol. The fraction of sp³-hybridized carbons (Fsp3) is 0. The summed E-state index contributed by atoms with van der Waals surface area (Å²) in [6.45, 7) is 0. The first-order chi connectivity index (χ1) is 27.8. The highest BCUT2D eigenvalue weighted by Gasteiger charge is 2.22. The van der Waals surface area contributed by atoms with Gasteiger partial charge in [-0.2, -0.15) is 0 Å². The molecular weight excluding hydrogens is 703 g/mol. The Labute approximate surface area is 327 Å². The van der Waals surface area contributed by atoms with Crippen molar-refractivity contribution in [2.75, 3.05) is 0 Å². The first kappa shape index (κ1) is 32.2. The third-order valence-electron chi connectivity index (χ3n) is 10.6. The zero-order valence-electron chi connectivity index (χ0n) is 30.1. The second-order valence-electron chi connectivity index (χ2n) is 13.9. The molecule has 0 aliphatic rings. The second-order valence-corrected chi connectivity index (χ2v) is 15.0. The van der Waals surface area contributed by atoms with Crippen molar-refractivity contribution in [2.45, 2.75) is 0 Å². The molecule has 8 aromatic carbocycles. The smallest absolute Gasteiger partial charge is 0.164 e. The van der Waals surface area contributed by atoms with Crippen LogP contribution >= 0.6 is 11.3 Å². The molecule has 0 N–H and O–H groups in total. The predicted molar refractivity (Wildman–Crippen MR) is 233 cm³/mol. The van der Waals surface area contributed by atoms with Gasteiger partial charge < -0.3 is 4.42 Å². The number of rotatable bonds is 6. The molecule has 11 aromatic rings. The van der Waals surface area contributed by atoms with Gasteiger partial charge in [-0.25, -0.2) is 15.0 Å². The van der Waals surface area contributed by atoms with Crippen LogP contribution in [0.5, 0.6) is 0 Å². The molecule has 0 atom stereocenters. The lowest BCUT2D eigenvalue weighted by molar-refractivity contribution is 0.670. The fourth-order valence-corrected chi connectivity index (χ4v) is 9.21. The minimum absolute atomic E-state index is 0.608. The van der Waals surface area contributed by atoms with E-state index < -0.39 is 0 Å². The van der Waals surface area contributed by atoms with Crippen molar-refractivity contribution in [2.24, 2.45) is 0 Å². The van der Waals surface area contributed by atoms with E-state index in [0.717, 1.165) is 55.3 Å². The molecule has 3 aromatic heterocycles. The minimum atomic E-state index is 0.608. The number of para-hydroxylation sites is 1. The number of furan rings is 1. The lowest BCUT2D eigenvalue weighted by Gasteiger charge is -2.15. The van der Waals surface area contributed by atoms with Crippen LogP contribution in [0.2, 0.25) is 0 Å². The summed E-state index contributed by atoms with van der Waals surface area (Å²) in [5, 5.41) is 4.71. The Hall–Kier alpha value is -7.21. The molecular formula is C51H31N3OS. The number of thiophene rings is 1. The first-order valence-corrected chi connectivity index (χ1v) is 19.5. The van der Waals surface area contributed by atoms with Gasteiger partial charge in [0.15, 0.2) is 17.5 Å². The van der Waals surface area contributed by atoms with Crippen LogP contribution in [-0.2, 0) is 0 Å². The largest absolute Gasteiger partial charge is 0.455 e. The zero-order valence-corrected chi connectivity index (χ0v) is 30.9. The van der Waals surface area contributed by atoms with E-state index in [0.29, 0.717) is 17.5 Å². The molecule has 5 heteroatoms. The van der Waals surface area contributed by atoms with Gasteiger partial charge >= 0.3 is 0 Å². The maximum Gasteiger partial charge on any atom is 0.164 e. The summed E-state index contributed by atoms with van der Waals surface area (Å²) in [5.41, 5.74) is 11.2. The van der Waals surface area contributed by atoms with Crippen LogP contribution in [0.3, 0.4) is 0 Å². The topological polar surface area (TPSA) is 51.8 Å². The Morgan fingerprint density at radius 1 is 0.375 bits per heavy atom. The van der Waals surface area contributed by atoms with Crippen LogP contribution in [-0.4, -0.2) is 15.0 Å². The van der Waals surface area contributed by atoms with Crippen LogP contribution in [0.15, 0.2) is 192 Å². The van der Waals surface area contributed by atoms with Crippen molar-refractivity contribution in [1.29, 1.82) is 0 Å². The summed E-state index contributed by atoms with van der Waals surface area (Å²) in [6.07, 6.45) is 0. The molecule has 262 valence electrons. The van der Waals surface area contributed by atoms with Crippen LogP contribution in [0.1, 0.15) is 0 Å². The quantitative estimate of drug-likeness (QED) is 0.171. The van der Waals surface area contributed by atoms with Crippen LogP contribution in [0.4, 0.5) is 0 Å². The first-order valence-electron chi connectivity index (χ1n) is 18.7. The molecule has 0 amide bonds. The third-order valence-corrected chi connectivity index (χ3v) is 11.8. The van der Waals surface area contributed by atoms with E-state index in [4.69, 9.17) is 19.4 Å². The molecule has 0 unspecified atom stereocenters. The summed E-state index contributed by atoms with van der Waals surface area (Å²) in [5.74, 6) is 1.87. The normalized spacial score (nSPS) is 11.6. The molecule has 3 heterocycles. The average Bonchev–Trinajstić information content (AvgIpc) is 3.86. The summed E-state index contributed by atoms with van der Waals surface area (Å²) >= 11 is 1.85. The van der Waals surface area contributed by atoms with Crippen LogP contribution in [0, 0.1) is 0 Å². The zero-order chi connectivity index (χ0) is 37.0. The van der Waals surface area contributed by atoms with Crippen molar-refractivity contribution in [3.8, 4) is 67.5 Å². The maximum absolute atomic E-state index is 6.83. The summed E-state index contributed by atoms with van der Waals surface area (Å²) in [6, 6.07) is 65.6.